The number of hydrogen-bond donors (Lipinski definition) is 2. The Balaban J connectivity index is 0.000000202. The molecule has 2 N–H and O–H groups in total. The Morgan fingerprint density at radius 2 is 1.40 bits per heavy atom. The van der Waals surface area contributed by atoms with Gasteiger partial charge in [0.05, 0.1) is 52.9 Å². The summed E-state index contributed by atoms with van der Waals surface area (Å²) in [5, 5.41) is 15.3. The Kier molecular flexibility index (Phi) is 13.5. The lowest BCUT2D eigenvalue weighted by atomic mass is 9.87. The topological polar surface area (TPSA) is 189 Å². The Morgan fingerprint density at radius 3 is 1.94 bits per heavy atom. The molecular formula is C39H39ClF6N6O8S2. The first-order valence-corrected chi connectivity index (χ1v) is 23.1. The number of fused-ring (bicyclic) bond motifs is 2. The molecule has 3 heterocycles. The summed E-state index contributed by atoms with van der Waals surface area (Å²) < 4.78 is 153. The number of rotatable bonds is 11. The standard InChI is InChI=1S/C19H11ClF4N4O4S.C18H22F2N2O4S.C2H6/c1-33(29,30)28-18-11-5-13(20)17(7-16(11)32-27-18)31-15-6-14(21)12(19(22,23)24)4-10(15)9-2-3-25-26-8-9;1-27(23,24)22-17-14-8-13(12-2-3-12)15(9-16(14)26-21-17)25-10-11-4-6-18(19,20)7-5-11;1-2/h2-8H,1H3,(H,27,28);8-9,11-12H,2-7,10H2,1H3,(H,21,22);1-2H3. The highest BCUT2D eigenvalue weighted by molar-refractivity contribution is 7.92. The van der Waals surface area contributed by atoms with Crippen molar-refractivity contribution in [1.82, 2.24) is 20.5 Å². The smallest absolute Gasteiger partial charge is 0.419 e. The molecule has 0 radical (unpaired) electrons. The third kappa shape index (κ3) is 11.6. The second-order valence-electron chi connectivity index (χ2n) is 14.4. The highest BCUT2D eigenvalue weighted by atomic mass is 35.5. The van der Waals surface area contributed by atoms with Crippen LogP contribution in [-0.4, -0.2) is 62.4 Å². The lowest BCUT2D eigenvalue weighted by molar-refractivity contribution is -0.139. The van der Waals surface area contributed by atoms with Crippen molar-refractivity contribution < 1.29 is 61.7 Å². The fraction of sp³-hybridized carbons (Fsp3) is 0.385. The molecule has 0 amide bonds. The van der Waals surface area contributed by atoms with Gasteiger partial charge in [0.25, 0.3) is 0 Å². The maximum absolute atomic E-state index is 14.3. The molecule has 334 valence electrons. The summed E-state index contributed by atoms with van der Waals surface area (Å²) in [4.78, 5) is 0. The third-order valence-electron chi connectivity index (χ3n) is 9.51. The third-order valence-corrected chi connectivity index (χ3v) is 10.9. The molecule has 0 unspecified atom stereocenters. The van der Waals surface area contributed by atoms with Gasteiger partial charge in [-0.15, -0.1) is 0 Å². The predicted molar refractivity (Wildman–Crippen MR) is 218 cm³/mol. The first-order valence-electron chi connectivity index (χ1n) is 19.0. The Hall–Kier alpha value is -5.35. The molecule has 0 spiro atoms. The molecule has 0 aliphatic heterocycles. The molecule has 62 heavy (non-hydrogen) atoms. The van der Waals surface area contributed by atoms with Crippen molar-refractivity contribution in [3.8, 4) is 28.4 Å². The Labute approximate surface area is 356 Å². The van der Waals surface area contributed by atoms with Crippen molar-refractivity contribution >= 4 is 65.2 Å². The van der Waals surface area contributed by atoms with Gasteiger partial charge in [-0.3, -0.25) is 9.44 Å². The number of hydrogen-bond acceptors (Lipinski definition) is 12. The minimum Gasteiger partial charge on any atom is -0.493 e. The van der Waals surface area contributed by atoms with Crippen molar-refractivity contribution in [3.05, 3.63) is 76.8 Å². The molecule has 0 bridgehead atoms. The van der Waals surface area contributed by atoms with Gasteiger partial charge in [-0.1, -0.05) is 35.8 Å². The number of aromatic nitrogens is 4. The first-order chi connectivity index (χ1) is 29.1. The van der Waals surface area contributed by atoms with E-state index in [1.54, 1.807) is 6.07 Å². The molecule has 2 aliphatic carbocycles. The second kappa shape index (κ2) is 18.2. The zero-order valence-electron chi connectivity index (χ0n) is 33.3. The van der Waals surface area contributed by atoms with Crippen molar-refractivity contribution in [1.29, 1.82) is 0 Å². The van der Waals surface area contributed by atoms with Crippen molar-refractivity contribution in [2.24, 2.45) is 5.92 Å². The van der Waals surface area contributed by atoms with Gasteiger partial charge >= 0.3 is 6.18 Å². The quantitative estimate of drug-likeness (QED) is 0.117. The fourth-order valence-corrected chi connectivity index (χ4v) is 7.66. The summed E-state index contributed by atoms with van der Waals surface area (Å²) >= 11 is 6.23. The van der Waals surface area contributed by atoms with Crippen LogP contribution in [0.15, 0.2) is 63.9 Å². The van der Waals surface area contributed by atoms with E-state index in [0.717, 1.165) is 30.9 Å². The zero-order chi connectivity index (χ0) is 45.2. The van der Waals surface area contributed by atoms with Gasteiger partial charge in [0.15, 0.2) is 22.8 Å². The van der Waals surface area contributed by atoms with Crippen LogP contribution in [0.5, 0.6) is 17.2 Å². The van der Waals surface area contributed by atoms with E-state index in [1.165, 1.54) is 30.6 Å². The largest absolute Gasteiger partial charge is 0.493 e. The van der Waals surface area contributed by atoms with Crippen molar-refractivity contribution in [2.75, 3.05) is 28.6 Å². The van der Waals surface area contributed by atoms with Gasteiger partial charge in [0.1, 0.15) is 23.1 Å². The number of sulfonamides is 2. The van der Waals surface area contributed by atoms with Crippen LogP contribution in [0.1, 0.15) is 69.4 Å². The summed E-state index contributed by atoms with van der Waals surface area (Å²) in [7, 11) is -7.12. The maximum atomic E-state index is 14.3. The summed E-state index contributed by atoms with van der Waals surface area (Å²) in [5.74, 6) is -3.30. The molecule has 3 aromatic heterocycles. The molecule has 2 saturated carbocycles. The number of ether oxygens (including phenoxy) is 2. The zero-order valence-corrected chi connectivity index (χ0v) is 35.7. The van der Waals surface area contributed by atoms with Gasteiger partial charge in [-0.25, -0.2) is 30.0 Å². The van der Waals surface area contributed by atoms with E-state index in [-0.39, 0.29) is 69.0 Å². The molecular weight excluding hydrogens is 894 g/mol. The maximum Gasteiger partial charge on any atom is 0.419 e. The van der Waals surface area contributed by atoms with E-state index in [1.807, 2.05) is 19.9 Å². The van der Waals surface area contributed by atoms with Crippen LogP contribution in [0.2, 0.25) is 5.02 Å². The van der Waals surface area contributed by atoms with Gasteiger partial charge in [-0.2, -0.15) is 23.4 Å². The number of nitrogens with zero attached hydrogens (tertiary/aromatic N) is 4. The average molecular weight is 933 g/mol. The molecule has 23 heteroatoms. The van der Waals surface area contributed by atoms with Crippen LogP contribution in [0, 0.1) is 11.7 Å². The van der Waals surface area contributed by atoms with Crippen LogP contribution in [0.3, 0.4) is 0 Å². The molecule has 2 fully saturated rings. The SMILES string of the molecule is CC.CS(=O)(=O)Nc1noc2cc(OCC3CCC(F)(F)CC3)c(C3CC3)cc12.CS(=O)(=O)Nc1noc2cc(Oc3cc(F)c(C(F)(F)F)cc3-c3ccnnc3)c(Cl)cc12. The minimum atomic E-state index is -4.95. The van der Waals surface area contributed by atoms with Crippen LogP contribution < -0.4 is 18.9 Å². The number of anilines is 2. The van der Waals surface area contributed by atoms with E-state index in [0.29, 0.717) is 54.2 Å². The van der Waals surface area contributed by atoms with Gasteiger partial charge in [0, 0.05) is 42.2 Å². The Bertz CT molecular complexity index is 2780. The number of halogens is 7. The van der Waals surface area contributed by atoms with Crippen molar-refractivity contribution in [3.63, 3.8) is 0 Å². The molecule has 0 saturated heterocycles. The summed E-state index contributed by atoms with van der Waals surface area (Å²) in [5.41, 5.74) is 0.0444. The predicted octanol–water partition coefficient (Wildman–Crippen LogP) is 10.6. The van der Waals surface area contributed by atoms with E-state index in [2.05, 4.69) is 30.0 Å². The van der Waals surface area contributed by atoms with Gasteiger partial charge in [0.2, 0.25) is 26.0 Å². The monoisotopic (exact) mass is 932 g/mol. The van der Waals surface area contributed by atoms with Crippen LogP contribution in [0.25, 0.3) is 33.1 Å². The van der Waals surface area contributed by atoms with Gasteiger partial charge < -0.3 is 18.5 Å². The van der Waals surface area contributed by atoms with Gasteiger partial charge in [-0.05, 0) is 67.3 Å². The normalized spacial score (nSPS) is 15.6. The van der Waals surface area contributed by atoms with E-state index < -0.39 is 43.5 Å². The average Bonchev–Trinajstić information content (AvgIpc) is 3.88. The molecule has 0 atom stereocenters. The number of benzene rings is 3. The Morgan fingerprint density at radius 1 is 0.823 bits per heavy atom. The summed E-state index contributed by atoms with van der Waals surface area (Å²) in [6.07, 6.45) is 2.28. The lowest BCUT2D eigenvalue weighted by Crippen LogP contribution is -2.27. The van der Waals surface area contributed by atoms with E-state index in [4.69, 9.17) is 30.1 Å². The van der Waals surface area contributed by atoms with E-state index in [9.17, 15) is 43.2 Å². The molecule has 2 aliphatic rings. The molecule has 3 aromatic carbocycles. The van der Waals surface area contributed by atoms with E-state index >= 15 is 0 Å². The fourth-order valence-electron chi connectivity index (χ4n) is 6.46. The summed E-state index contributed by atoms with van der Waals surface area (Å²) in [6, 6.07) is 8.65. The van der Waals surface area contributed by atoms with Crippen LogP contribution in [-0.2, 0) is 26.2 Å². The van der Waals surface area contributed by atoms with Crippen LogP contribution in [0.4, 0.5) is 38.0 Å². The molecule has 14 nitrogen and oxygen atoms in total. The highest BCUT2D eigenvalue weighted by Gasteiger charge is 2.37. The molecule has 8 rings (SSSR count). The van der Waals surface area contributed by atoms with Crippen LogP contribution >= 0.6 is 11.6 Å². The molecule has 6 aromatic rings. The minimum absolute atomic E-state index is 0.0556. The highest BCUT2D eigenvalue weighted by Crippen LogP contribution is 2.47. The number of nitrogens with one attached hydrogen (secondary N) is 2. The first kappa shape index (κ1) is 46.2. The second-order valence-corrected chi connectivity index (χ2v) is 18.3. The van der Waals surface area contributed by atoms with Crippen molar-refractivity contribution in [2.45, 2.75) is 70.4 Å². The number of alkyl halides is 5. The lowest BCUT2D eigenvalue weighted by Gasteiger charge is -2.28. The summed E-state index contributed by atoms with van der Waals surface area (Å²) in [6.45, 7) is 4.39.